The number of aliphatic hydroxyl groups is 1. The van der Waals surface area contributed by atoms with E-state index in [1.165, 1.54) is 0 Å². The summed E-state index contributed by atoms with van der Waals surface area (Å²) in [6.45, 7) is 9.01. The highest BCUT2D eigenvalue weighted by molar-refractivity contribution is 5.78. The third-order valence-electron chi connectivity index (χ3n) is 2.52. The van der Waals surface area contributed by atoms with Gasteiger partial charge in [-0.1, -0.05) is 13.8 Å². The highest BCUT2D eigenvalue weighted by Crippen LogP contribution is 2.17. The number of carbonyl (C=O) groups is 1. The Hall–Kier alpha value is -0.610. The van der Waals surface area contributed by atoms with Crippen LogP contribution in [0, 0.1) is 5.41 Å². The fourth-order valence-electron chi connectivity index (χ4n) is 1.14. The summed E-state index contributed by atoms with van der Waals surface area (Å²) in [5.41, 5.74) is -0.127. The number of carbonyl (C=O) groups excluding carboxylic acids is 1. The summed E-state index contributed by atoms with van der Waals surface area (Å²) in [5.74, 6) is 0.00129. The summed E-state index contributed by atoms with van der Waals surface area (Å²) in [6.07, 6.45) is 0.891. The molecule has 3 N–H and O–H groups in total. The van der Waals surface area contributed by atoms with Gasteiger partial charge in [-0.3, -0.25) is 4.79 Å². The molecule has 4 heteroatoms. The molecule has 0 bridgehead atoms. The van der Waals surface area contributed by atoms with Crippen molar-refractivity contribution in [1.82, 2.24) is 10.6 Å². The number of nitrogens with one attached hydrogen (secondary N) is 2. The van der Waals surface area contributed by atoms with Crippen molar-refractivity contribution in [2.75, 3.05) is 19.7 Å². The zero-order chi connectivity index (χ0) is 11.9. The molecular weight excluding hydrogens is 192 g/mol. The van der Waals surface area contributed by atoms with E-state index in [1.807, 2.05) is 27.7 Å². The molecular formula is C11H24N2O2. The van der Waals surface area contributed by atoms with Gasteiger partial charge in [0.2, 0.25) is 5.91 Å². The molecule has 0 heterocycles. The van der Waals surface area contributed by atoms with Crippen molar-refractivity contribution in [2.24, 2.45) is 5.41 Å². The molecule has 4 nitrogen and oxygen atoms in total. The molecule has 0 aromatic carbocycles. The molecule has 0 saturated heterocycles. The Balaban J connectivity index is 3.73. The first-order valence-electron chi connectivity index (χ1n) is 5.54. The highest BCUT2D eigenvalue weighted by Gasteiger charge is 2.20. The summed E-state index contributed by atoms with van der Waals surface area (Å²) < 4.78 is 0. The quantitative estimate of drug-likeness (QED) is 0.581. The van der Waals surface area contributed by atoms with E-state index in [0.717, 1.165) is 6.42 Å². The summed E-state index contributed by atoms with van der Waals surface area (Å²) in [5, 5.41) is 15.0. The molecule has 0 aliphatic heterocycles. The van der Waals surface area contributed by atoms with Crippen LogP contribution in [0.4, 0.5) is 0 Å². The van der Waals surface area contributed by atoms with Crippen LogP contribution in [0.1, 0.15) is 34.1 Å². The van der Waals surface area contributed by atoms with Gasteiger partial charge in [0, 0.05) is 24.6 Å². The maximum Gasteiger partial charge on any atom is 0.234 e. The third kappa shape index (κ3) is 6.47. The fraction of sp³-hybridized carbons (Fsp3) is 0.909. The van der Waals surface area contributed by atoms with Crippen molar-refractivity contribution < 1.29 is 9.90 Å². The normalized spacial score (nSPS) is 15.1. The summed E-state index contributed by atoms with van der Waals surface area (Å²) in [7, 11) is 0. The van der Waals surface area contributed by atoms with Crippen LogP contribution in [-0.4, -0.2) is 36.8 Å². The molecule has 1 atom stereocenters. The van der Waals surface area contributed by atoms with Crippen LogP contribution in [0.3, 0.4) is 0 Å². The van der Waals surface area contributed by atoms with Gasteiger partial charge in [0.15, 0.2) is 0 Å². The Kier molecular flexibility index (Phi) is 6.52. The number of aliphatic hydroxyl groups excluding tert-OH is 1. The standard InChI is InChI=1S/C11H24N2O2/c1-5-11(4,8-14)7-12-6-10(15)13-9(2)3/h9,12,14H,5-8H2,1-4H3,(H,13,15). The third-order valence-corrected chi connectivity index (χ3v) is 2.52. The average Bonchev–Trinajstić information content (AvgIpc) is 2.16. The lowest BCUT2D eigenvalue weighted by atomic mass is 9.89. The first-order chi connectivity index (χ1) is 6.93. The monoisotopic (exact) mass is 216 g/mol. The molecule has 0 aromatic heterocycles. The second-order valence-electron chi connectivity index (χ2n) is 4.65. The van der Waals surface area contributed by atoms with Crippen molar-refractivity contribution in [1.29, 1.82) is 0 Å². The van der Waals surface area contributed by atoms with Gasteiger partial charge in [-0.05, 0) is 20.3 Å². The van der Waals surface area contributed by atoms with Crippen LogP contribution in [0.15, 0.2) is 0 Å². The van der Waals surface area contributed by atoms with Crippen molar-refractivity contribution in [3.8, 4) is 0 Å². The van der Waals surface area contributed by atoms with Crippen LogP contribution in [0.25, 0.3) is 0 Å². The first kappa shape index (κ1) is 14.4. The number of hydrogen-bond donors (Lipinski definition) is 3. The highest BCUT2D eigenvalue weighted by atomic mass is 16.3. The van der Waals surface area contributed by atoms with Crippen LogP contribution < -0.4 is 10.6 Å². The zero-order valence-corrected chi connectivity index (χ0v) is 10.3. The summed E-state index contributed by atoms with van der Waals surface area (Å²) >= 11 is 0. The van der Waals surface area contributed by atoms with Crippen molar-refractivity contribution >= 4 is 5.91 Å². The van der Waals surface area contributed by atoms with Gasteiger partial charge in [0.05, 0.1) is 6.54 Å². The minimum Gasteiger partial charge on any atom is -0.396 e. The van der Waals surface area contributed by atoms with Crippen LogP contribution in [0.2, 0.25) is 0 Å². The van der Waals surface area contributed by atoms with Crippen molar-refractivity contribution in [3.63, 3.8) is 0 Å². The van der Waals surface area contributed by atoms with Gasteiger partial charge in [-0.2, -0.15) is 0 Å². The van der Waals surface area contributed by atoms with Gasteiger partial charge in [-0.15, -0.1) is 0 Å². The smallest absolute Gasteiger partial charge is 0.234 e. The topological polar surface area (TPSA) is 61.4 Å². The Morgan fingerprint density at radius 2 is 2.07 bits per heavy atom. The number of hydrogen-bond acceptors (Lipinski definition) is 3. The van der Waals surface area contributed by atoms with Crippen molar-refractivity contribution in [2.45, 2.75) is 40.2 Å². The minimum atomic E-state index is -0.127. The van der Waals surface area contributed by atoms with Crippen molar-refractivity contribution in [3.05, 3.63) is 0 Å². The lowest BCUT2D eigenvalue weighted by Gasteiger charge is -2.25. The van der Waals surface area contributed by atoms with E-state index in [9.17, 15) is 4.79 Å². The molecule has 0 aliphatic carbocycles. The minimum absolute atomic E-state index is 0.00129. The molecule has 0 aromatic rings. The summed E-state index contributed by atoms with van der Waals surface area (Å²) in [4.78, 5) is 11.3. The van der Waals surface area contributed by atoms with E-state index in [-0.39, 0.29) is 24.0 Å². The van der Waals surface area contributed by atoms with Crippen LogP contribution in [-0.2, 0) is 4.79 Å². The van der Waals surface area contributed by atoms with Crippen LogP contribution >= 0.6 is 0 Å². The second-order valence-corrected chi connectivity index (χ2v) is 4.65. The Morgan fingerprint density at radius 1 is 1.47 bits per heavy atom. The zero-order valence-electron chi connectivity index (χ0n) is 10.3. The molecule has 0 saturated carbocycles. The predicted molar refractivity (Wildman–Crippen MR) is 61.6 cm³/mol. The molecule has 15 heavy (non-hydrogen) atoms. The Morgan fingerprint density at radius 3 is 2.47 bits per heavy atom. The van der Waals surface area contributed by atoms with E-state index in [1.54, 1.807) is 0 Å². The maximum absolute atomic E-state index is 11.3. The SMILES string of the molecule is CCC(C)(CO)CNCC(=O)NC(C)C. The Labute approximate surface area is 92.4 Å². The second kappa shape index (κ2) is 6.80. The molecule has 0 fully saturated rings. The molecule has 0 radical (unpaired) electrons. The first-order valence-corrected chi connectivity index (χ1v) is 5.54. The van der Waals surface area contributed by atoms with Gasteiger partial charge in [-0.25, -0.2) is 0 Å². The van der Waals surface area contributed by atoms with E-state index < -0.39 is 0 Å². The number of rotatable bonds is 7. The maximum atomic E-state index is 11.3. The van der Waals surface area contributed by atoms with E-state index in [2.05, 4.69) is 10.6 Å². The largest absolute Gasteiger partial charge is 0.396 e. The lowest BCUT2D eigenvalue weighted by Crippen LogP contribution is -2.42. The molecule has 0 spiro atoms. The molecule has 1 amide bonds. The Bertz CT molecular complexity index is 189. The summed E-state index contributed by atoms with van der Waals surface area (Å²) in [6, 6.07) is 0.176. The van der Waals surface area contributed by atoms with Gasteiger partial charge < -0.3 is 15.7 Å². The molecule has 0 aliphatic rings. The molecule has 1 unspecified atom stereocenters. The fourth-order valence-corrected chi connectivity index (χ4v) is 1.14. The van der Waals surface area contributed by atoms with Gasteiger partial charge in [0.1, 0.15) is 0 Å². The van der Waals surface area contributed by atoms with Gasteiger partial charge >= 0.3 is 0 Å². The van der Waals surface area contributed by atoms with E-state index in [0.29, 0.717) is 13.1 Å². The number of amides is 1. The predicted octanol–water partition coefficient (Wildman–Crippen LogP) is 0.509. The van der Waals surface area contributed by atoms with Gasteiger partial charge in [0.25, 0.3) is 0 Å². The van der Waals surface area contributed by atoms with E-state index >= 15 is 0 Å². The van der Waals surface area contributed by atoms with E-state index in [4.69, 9.17) is 5.11 Å². The average molecular weight is 216 g/mol. The lowest BCUT2D eigenvalue weighted by molar-refractivity contribution is -0.120. The molecule has 90 valence electrons. The van der Waals surface area contributed by atoms with Crippen LogP contribution in [0.5, 0.6) is 0 Å². The molecule has 0 rings (SSSR count).